The Hall–Kier alpha value is -3.27. The Morgan fingerprint density at radius 2 is 1.57 bits per heavy atom. The summed E-state index contributed by atoms with van der Waals surface area (Å²) in [6.45, 7) is 5.66. The van der Waals surface area contributed by atoms with E-state index in [4.69, 9.17) is 9.47 Å². The van der Waals surface area contributed by atoms with Crippen molar-refractivity contribution in [1.29, 1.82) is 0 Å². The summed E-state index contributed by atoms with van der Waals surface area (Å²) in [5.41, 5.74) is 4.67. The van der Waals surface area contributed by atoms with Crippen LogP contribution < -0.4 is 20.3 Å². The van der Waals surface area contributed by atoms with Gasteiger partial charge >= 0.3 is 0 Å². The molecular formula is C20H23N3O6S. The molecule has 0 spiro atoms. The number of ether oxygens (including phenoxy) is 2. The molecule has 0 aliphatic heterocycles. The average molecular weight is 433 g/mol. The molecule has 2 atom stereocenters. The minimum Gasteiger partial charge on any atom is -0.494 e. The number of nitro benzene ring substituents is 1. The molecule has 10 heteroatoms. The molecule has 0 fully saturated rings. The van der Waals surface area contributed by atoms with E-state index >= 15 is 0 Å². The predicted molar refractivity (Wildman–Crippen MR) is 112 cm³/mol. The predicted octanol–water partition coefficient (Wildman–Crippen LogP) is 3.09. The lowest BCUT2D eigenvalue weighted by Crippen LogP contribution is -2.49. The Balaban J connectivity index is 1.79. The number of hydrogen-bond donors (Lipinski definition) is 2. The van der Waals surface area contributed by atoms with Gasteiger partial charge in [0.05, 0.1) is 16.8 Å². The summed E-state index contributed by atoms with van der Waals surface area (Å²) in [6, 6.07) is 12.7. The molecule has 9 nitrogen and oxygen atoms in total. The lowest BCUT2D eigenvalue weighted by molar-refractivity contribution is -0.384. The summed E-state index contributed by atoms with van der Waals surface area (Å²) in [5, 5.41) is 10.1. The third kappa shape index (κ3) is 6.96. The maximum absolute atomic E-state index is 12.2. The van der Waals surface area contributed by atoms with Crippen LogP contribution in [0.5, 0.6) is 11.5 Å². The summed E-state index contributed by atoms with van der Waals surface area (Å²) < 4.78 is 10.9. The molecule has 0 saturated carbocycles. The lowest BCUT2D eigenvalue weighted by atomic mass is 10.3. The molecule has 2 rings (SSSR count). The van der Waals surface area contributed by atoms with Crippen molar-refractivity contribution in [3.8, 4) is 11.5 Å². The average Bonchev–Trinajstić information content (AvgIpc) is 2.73. The molecule has 0 aromatic heterocycles. The Kier molecular flexibility index (Phi) is 8.48. The van der Waals surface area contributed by atoms with Crippen LogP contribution in [0.4, 0.5) is 5.69 Å². The largest absolute Gasteiger partial charge is 0.494 e. The van der Waals surface area contributed by atoms with Crippen LogP contribution in [-0.4, -0.2) is 34.7 Å². The third-order valence-electron chi connectivity index (χ3n) is 3.86. The number of rotatable bonds is 9. The normalized spacial score (nSPS) is 12.4. The summed E-state index contributed by atoms with van der Waals surface area (Å²) in [4.78, 5) is 35.2. The highest BCUT2D eigenvalue weighted by Crippen LogP contribution is 2.25. The van der Waals surface area contributed by atoms with Crippen molar-refractivity contribution < 1.29 is 24.0 Å². The second kappa shape index (κ2) is 11.1. The highest BCUT2D eigenvalue weighted by molar-refractivity contribution is 8.00. The van der Waals surface area contributed by atoms with Crippen LogP contribution in [0.1, 0.15) is 20.8 Å². The van der Waals surface area contributed by atoms with Gasteiger partial charge in [-0.15, -0.1) is 11.8 Å². The number of thioether (sulfide) groups is 1. The van der Waals surface area contributed by atoms with Crippen molar-refractivity contribution in [2.75, 3.05) is 6.61 Å². The smallest absolute Gasteiger partial charge is 0.279 e. The summed E-state index contributed by atoms with van der Waals surface area (Å²) in [7, 11) is 0. The van der Waals surface area contributed by atoms with Crippen LogP contribution in [0.2, 0.25) is 0 Å². The van der Waals surface area contributed by atoms with Crippen molar-refractivity contribution in [1.82, 2.24) is 10.9 Å². The van der Waals surface area contributed by atoms with Crippen LogP contribution in [0.15, 0.2) is 53.4 Å². The molecule has 2 unspecified atom stereocenters. The van der Waals surface area contributed by atoms with E-state index < -0.39 is 28.1 Å². The van der Waals surface area contributed by atoms with Gasteiger partial charge in [-0.3, -0.25) is 30.6 Å². The lowest BCUT2D eigenvalue weighted by Gasteiger charge is -2.17. The number of hydrogen-bond acceptors (Lipinski definition) is 7. The van der Waals surface area contributed by atoms with E-state index in [-0.39, 0.29) is 5.69 Å². The Morgan fingerprint density at radius 1 is 1.00 bits per heavy atom. The SMILES string of the molecule is CCOc1ccc(OC(C)C(=O)NNC(=O)C(C)Sc2ccc([N+](=O)[O-])cc2)cc1. The van der Waals surface area contributed by atoms with E-state index in [2.05, 4.69) is 10.9 Å². The molecule has 2 aromatic carbocycles. The van der Waals surface area contributed by atoms with E-state index in [1.54, 1.807) is 50.2 Å². The molecular weight excluding hydrogens is 410 g/mol. The first kappa shape index (κ1) is 23.0. The number of carbonyl (C=O) groups is 2. The number of hydrazine groups is 1. The highest BCUT2D eigenvalue weighted by atomic mass is 32.2. The zero-order valence-corrected chi connectivity index (χ0v) is 17.6. The van der Waals surface area contributed by atoms with Gasteiger partial charge in [-0.2, -0.15) is 0 Å². The molecule has 160 valence electrons. The molecule has 2 amide bonds. The molecule has 0 aliphatic rings. The van der Waals surface area contributed by atoms with E-state index in [1.807, 2.05) is 6.92 Å². The van der Waals surface area contributed by atoms with E-state index in [0.29, 0.717) is 23.0 Å². The first-order chi connectivity index (χ1) is 14.3. The Labute approximate surface area is 178 Å². The van der Waals surface area contributed by atoms with Gasteiger partial charge in [0.2, 0.25) is 0 Å². The monoisotopic (exact) mass is 433 g/mol. The van der Waals surface area contributed by atoms with Crippen molar-refractivity contribution in [3.63, 3.8) is 0 Å². The van der Waals surface area contributed by atoms with E-state index in [0.717, 1.165) is 0 Å². The fourth-order valence-electron chi connectivity index (χ4n) is 2.27. The van der Waals surface area contributed by atoms with Gasteiger partial charge in [-0.1, -0.05) is 0 Å². The summed E-state index contributed by atoms with van der Waals surface area (Å²) in [6.07, 6.45) is -0.833. The van der Waals surface area contributed by atoms with Crippen LogP contribution >= 0.6 is 11.8 Å². The topological polar surface area (TPSA) is 120 Å². The van der Waals surface area contributed by atoms with Crippen molar-refractivity contribution in [2.24, 2.45) is 0 Å². The number of nitro groups is 1. The van der Waals surface area contributed by atoms with Crippen molar-refractivity contribution in [2.45, 2.75) is 37.0 Å². The zero-order valence-electron chi connectivity index (χ0n) is 16.8. The maximum Gasteiger partial charge on any atom is 0.279 e. The standard InChI is InChI=1S/C20H23N3O6S/c1-4-28-16-7-9-17(10-8-16)29-13(2)19(24)21-22-20(25)14(3)30-18-11-5-15(6-12-18)23(26)27/h5-14H,4H2,1-3H3,(H,21,24)(H,22,25). The molecule has 0 saturated heterocycles. The number of nitrogens with one attached hydrogen (secondary N) is 2. The van der Waals surface area contributed by atoms with Gasteiger partial charge in [0.25, 0.3) is 17.5 Å². The van der Waals surface area contributed by atoms with Crippen LogP contribution in [-0.2, 0) is 9.59 Å². The second-order valence-corrected chi connectivity index (χ2v) is 7.57. The second-order valence-electron chi connectivity index (χ2n) is 6.15. The fraction of sp³-hybridized carbons (Fsp3) is 0.300. The fourth-order valence-corrected chi connectivity index (χ4v) is 3.14. The van der Waals surface area contributed by atoms with Gasteiger partial charge in [-0.05, 0) is 57.2 Å². The highest BCUT2D eigenvalue weighted by Gasteiger charge is 2.19. The van der Waals surface area contributed by atoms with Gasteiger partial charge < -0.3 is 9.47 Å². The van der Waals surface area contributed by atoms with Gasteiger partial charge in [-0.25, -0.2) is 0 Å². The molecule has 0 radical (unpaired) electrons. The first-order valence-electron chi connectivity index (χ1n) is 9.20. The van der Waals surface area contributed by atoms with Gasteiger partial charge in [0, 0.05) is 17.0 Å². The number of amides is 2. The van der Waals surface area contributed by atoms with Gasteiger partial charge in [0.15, 0.2) is 6.10 Å². The summed E-state index contributed by atoms with van der Waals surface area (Å²) in [5.74, 6) is 0.271. The van der Waals surface area contributed by atoms with Crippen molar-refractivity contribution in [3.05, 3.63) is 58.6 Å². The number of benzene rings is 2. The minimum atomic E-state index is -0.833. The molecule has 0 aliphatic carbocycles. The molecule has 2 N–H and O–H groups in total. The van der Waals surface area contributed by atoms with E-state index in [1.165, 1.54) is 23.9 Å². The number of non-ortho nitro benzene ring substituents is 1. The van der Waals surface area contributed by atoms with Crippen LogP contribution in [0.25, 0.3) is 0 Å². The van der Waals surface area contributed by atoms with Crippen molar-refractivity contribution >= 4 is 29.3 Å². The number of carbonyl (C=O) groups excluding carboxylic acids is 2. The third-order valence-corrected chi connectivity index (χ3v) is 4.97. The molecule has 30 heavy (non-hydrogen) atoms. The molecule has 0 bridgehead atoms. The first-order valence-corrected chi connectivity index (χ1v) is 10.1. The quantitative estimate of drug-likeness (QED) is 0.354. The van der Waals surface area contributed by atoms with E-state index in [9.17, 15) is 19.7 Å². The molecule has 2 aromatic rings. The maximum atomic E-state index is 12.2. The van der Waals surface area contributed by atoms with Gasteiger partial charge in [0.1, 0.15) is 11.5 Å². The van der Waals surface area contributed by atoms with Crippen LogP contribution in [0.3, 0.4) is 0 Å². The zero-order chi connectivity index (χ0) is 22.1. The Bertz CT molecular complexity index is 873. The Morgan fingerprint density at radius 3 is 2.13 bits per heavy atom. The van der Waals surface area contributed by atoms with Crippen LogP contribution in [0, 0.1) is 10.1 Å². The molecule has 0 heterocycles. The summed E-state index contributed by atoms with van der Waals surface area (Å²) >= 11 is 1.21. The number of nitrogens with zero attached hydrogens (tertiary/aromatic N) is 1. The minimum absolute atomic E-state index is 0.0229.